The van der Waals surface area contributed by atoms with E-state index in [0.29, 0.717) is 31.4 Å². The number of hydrogen-bond donors (Lipinski definition) is 2. The molecule has 0 heterocycles. The van der Waals surface area contributed by atoms with Gasteiger partial charge in [-0.1, -0.05) is 30.3 Å². The van der Waals surface area contributed by atoms with Gasteiger partial charge in [0.05, 0.1) is 6.54 Å². The molecule has 0 bridgehead atoms. The Labute approximate surface area is 152 Å². The Kier molecular flexibility index (Phi) is 8.18. The second-order valence-electron chi connectivity index (χ2n) is 5.36. The summed E-state index contributed by atoms with van der Waals surface area (Å²) < 4.78 is 35.0. The van der Waals surface area contributed by atoms with Crippen LogP contribution in [-0.4, -0.2) is 39.2 Å². The molecule has 26 heavy (non-hydrogen) atoms. The number of benzene rings is 2. The van der Waals surface area contributed by atoms with Gasteiger partial charge in [0.2, 0.25) is 0 Å². The van der Waals surface area contributed by atoms with Crippen molar-refractivity contribution in [3.05, 3.63) is 60.2 Å². The summed E-state index contributed by atoms with van der Waals surface area (Å²) in [4.78, 5) is 4.14. The standard InChI is InChI=1S/C19H23F2N3O2/c1-22-19(23-10-11-25-16-7-3-2-4-8-16)24-13-15-6-5-9-17(12-15)26-14-18(20)21/h2-9,12,18H,10-11,13-14H2,1H3,(H2,22,23,24). The first-order valence-electron chi connectivity index (χ1n) is 8.29. The number of ether oxygens (including phenoxy) is 2. The van der Waals surface area contributed by atoms with Gasteiger partial charge in [0, 0.05) is 13.6 Å². The summed E-state index contributed by atoms with van der Waals surface area (Å²) in [6.07, 6.45) is -2.49. The topological polar surface area (TPSA) is 54.9 Å². The van der Waals surface area contributed by atoms with E-state index in [2.05, 4.69) is 15.6 Å². The monoisotopic (exact) mass is 363 g/mol. The predicted octanol–water partition coefficient (Wildman–Crippen LogP) is 3.07. The number of nitrogens with one attached hydrogen (secondary N) is 2. The summed E-state index contributed by atoms with van der Waals surface area (Å²) in [5.41, 5.74) is 0.903. The molecule has 0 radical (unpaired) electrons. The number of nitrogens with zero attached hydrogens (tertiary/aromatic N) is 1. The highest BCUT2D eigenvalue weighted by Crippen LogP contribution is 2.14. The summed E-state index contributed by atoms with van der Waals surface area (Å²) in [6.45, 7) is 0.973. The zero-order valence-corrected chi connectivity index (χ0v) is 14.6. The molecule has 140 valence electrons. The van der Waals surface area contributed by atoms with Crippen LogP contribution in [-0.2, 0) is 6.54 Å². The molecule has 2 N–H and O–H groups in total. The molecular formula is C19H23F2N3O2. The smallest absolute Gasteiger partial charge is 0.272 e. The van der Waals surface area contributed by atoms with E-state index in [0.717, 1.165) is 11.3 Å². The maximum absolute atomic E-state index is 12.2. The summed E-state index contributed by atoms with van der Waals surface area (Å²) in [5, 5.41) is 6.30. The second kappa shape index (κ2) is 10.9. The summed E-state index contributed by atoms with van der Waals surface area (Å²) >= 11 is 0. The molecular weight excluding hydrogens is 340 g/mol. The summed E-state index contributed by atoms with van der Waals surface area (Å²) in [7, 11) is 1.68. The normalized spacial score (nSPS) is 11.3. The van der Waals surface area contributed by atoms with Gasteiger partial charge in [-0.2, -0.15) is 0 Å². The molecule has 0 spiro atoms. The van der Waals surface area contributed by atoms with Crippen LogP contribution in [0.25, 0.3) is 0 Å². The number of rotatable bonds is 9. The first-order valence-corrected chi connectivity index (χ1v) is 8.29. The van der Waals surface area contributed by atoms with Crippen molar-refractivity contribution < 1.29 is 18.3 Å². The first kappa shape index (κ1) is 19.5. The van der Waals surface area contributed by atoms with E-state index in [1.165, 1.54) is 0 Å². The molecule has 0 aromatic heterocycles. The average molecular weight is 363 g/mol. The molecule has 2 aromatic carbocycles. The van der Waals surface area contributed by atoms with Crippen molar-refractivity contribution in [3.63, 3.8) is 0 Å². The van der Waals surface area contributed by atoms with Crippen molar-refractivity contribution in [1.82, 2.24) is 10.6 Å². The van der Waals surface area contributed by atoms with Crippen LogP contribution in [0, 0.1) is 0 Å². The molecule has 0 fully saturated rings. The molecule has 2 aromatic rings. The van der Waals surface area contributed by atoms with E-state index in [-0.39, 0.29) is 0 Å². The fourth-order valence-electron chi connectivity index (χ4n) is 2.17. The molecule has 5 nitrogen and oxygen atoms in total. The lowest BCUT2D eigenvalue weighted by Gasteiger charge is -2.13. The quantitative estimate of drug-likeness (QED) is 0.408. The number of guanidine groups is 1. The van der Waals surface area contributed by atoms with Crippen molar-refractivity contribution in [2.24, 2.45) is 4.99 Å². The molecule has 0 unspecified atom stereocenters. The fraction of sp³-hybridized carbons (Fsp3) is 0.316. The number of alkyl halides is 2. The van der Waals surface area contributed by atoms with Crippen LogP contribution < -0.4 is 20.1 Å². The van der Waals surface area contributed by atoms with Crippen molar-refractivity contribution in [3.8, 4) is 11.5 Å². The third kappa shape index (κ3) is 7.38. The third-order valence-electron chi connectivity index (χ3n) is 3.36. The van der Waals surface area contributed by atoms with Crippen LogP contribution in [0.3, 0.4) is 0 Å². The second-order valence-corrected chi connectivity index (χ2v) is 5.36. The van der Waals surface area contributed by atoms with Crippen molar-refractivity contribution in [2.75, 3.05) is 26.8 Å². The summed E-state index contributed by atoms with van der Waals surface area (Å²) in [6, 6.07) is 16.6. The van der Waals surface area contributed by atoms with Gasteiger partial charge in [-0.3, -0.25) is 4.99 Å². The highest BCUT2D eigenvalue weighted by atomic mass is 19.3. The van der Waals surface area contributed by atoms with E-state index in [1.54, 1.807) is 25.2 Å². The van der Waals surface area contributed by atoms with Gasteiger partial charge >= 0.3 is 0 Å². The van der Waals surface area contributed by atoms with E-state index in [9.17, 15) is 8.78 Å². The van der Waals surface area contributed by atoms with Gasteiger partial charge < -0.3 is 20.1 Å². The molecule has 0 aliphatic heterocycles. The van der Waals surface area contributed by atoms with Crippen LogP contribution in [0.15, 0.2) is 59.6 Å². The number of aliphatic imine (C=N–C) groups is 1. The molecule has 0 aliphatic carbocycles. The Morgan fingerprint density at radius 3 is 2.50 bits per heavy atom. The van der Waals surface area contributed by atoms with Crippen LogP contribution >= 0.6 is 0 Å². The van der Waals surface area contributed by atoms with E-state index in [1.807, 2.05) is 36.4 Å². The van der Waals surface area contributed by atoms with Crippen LogP contribution in [0.2, 0.25) is 0 Å². The van der Waals surface area contributed by atoms with Crippen LogP contribution in [0.5, 0.6) is 11.5 Å². The van der Waals surface area contributed by atoms with Gasteiger partial charge in [-0.05, 0) is 29.8 Å². The highest BCUT2D eigenvalue weighted by molar-refractivity contribution is 5.79. The number of para-hydroxylation sites is 1. The van der Waals surface area contributed by atoms with Crippen LogP contribution in [0.1, 0.15) is 5.56 Å². The Bertz CT molecular complexity index is 681. The maximum Gasteiger partial charge on any atom is 0.272 e. The Balaban J connectivity index is 1.72. The maximum atomic E-state index is 12.2. The predicted molar refractivity (Wildman–Crippen MR) is 98.1 cm³/mol. The molecule has 0 atom stereocenters. The number of hydrogen-bond acceptors (Lipinski definition) is 3. The minimum Gasteiger partial charge on any atom is -0.492 e. The SMILES string of the molecule is CN=C(NCCOc1ccccc1)NCc1cccc(OCC(F)F)c1. The third-order valence-corrected chi connectivity index (χ3v) is 3.36. The lowest BCUT2D eigenvalue weighted by atomic mass is 10.2. The first-order chi connectivity index (χ1) is 12.7. The fourth-order valence-corrected chi connectivity index (χ4v) is 2.17. The van der Waals surface area contributed by atoms with Gasteiger partial charge in [0.15, 0.2) is 5.96 Å². The van der Waals surface area contributed by atoms with Crippen molar-refractivity contribution in [1.29, 1.82) is 0 Å². The minimum atomic E-state index is -2.49. The molecule has 0 saturated carbocycles. The Morgan fingerprint density at radius 2 is 1.77 bits per heavy atom. The molecule has 7 heteroatoms. The molecule has 0 saturated heterocycles. The highest BCUT2D eigenvalue weighted by Gasteiger charge is 2.04. The molecule has 0 aliphatic rings. The van der Waals surface area contributed by atoms with Crippen molar-refractivity contribution in [2.45, 2.75) is 13.0 Å². The van der Waals surface area contributed by atoms with E-state index in [4.69, 9.17) is 9.47 Å². The largest absolute Gasteiger partial charge is 0.492 e. The van der Waals surface area contributed by atoms with E-state index < -0.39 is 13.0 Å². The number of halogens is 2. The Hall–Kier alpha value is -2.83. The Morgan fingerprint density at radius 1 is 1.00 bits per heavy atom. The van der Waals surface area contributed by atoms with Gasteiger partial charge in [0.1, 0.15) is 24.7 Å². The van der Waals surface area contributed by atoms with Crippen molar-refractivity contribution >= 4 is 5.96 Å². The minimum absolute atomic E-state index is 0.420. The summed E-state index contributed by atoms with van der Waals surface area (Å²) in [5.74, 6) is 1.86. The zero-order chi connectivity index (χ0) is 18.6. The van der Waals surface area contributed by atoms with Gasteiger partial charge in [-0.15, -0.1) is 0 Å². The van der Waals surface area contributed by atoms with Gasteiger partial charge in [-0.25, -0.2) is 8.78 Å². The average Bonchev–Trinajstić information content (AvgIpc) is 2.67. The van der Waals surface area contributed by atoms with E-state index >= 15 is 0 Å². The van der Waals surface area contributed by atoms with Crippen LogP contribution in [0.4, 0.5) is 8.78 Å². The molecule has 0 amide bonds. The van der Waals surface area contributed by atoms with Gasteiger partial charge in [0.25, 0.3) is 6.43 Å². The zero-order valence-electron chi connectivity index (χ0n) is 14.6. The molecule has 2 rings (SSSR count). The lowest BCUT2D eigenvalue weighted by Crippen LogP contribution is -2.38. The lowest BCUT2D eigenvalue weighted by molar-refractivity contribution is 0.0818.